The lowest BCUT2D eigenvalue weighted by Gasteiger charge is -2.34. The van der Waals surface area contributed by atoms with Crippen molar-refractivity contribution in [3.05, 3.63) is 34.9 Å². The van der Waals surface area contributed by atoms with Crippen LogP contribution in [0.5, 0.6) is 0 Å². The zero-order valence-electron chi connectivity index (χ0n) is 16.2. The highest BCUT2D eigenvalue weighted by Crippen LogP contribution is 2.29. The van der Waals surface area contributed by atoms with Crippen LogP contribution in [0.2, 0.25) is 0 Å². The normalized spacial score (nSPS) is 17.6. The second-order valence-corrected chi connectivity index (χ2v) is 8.24. The van der Waals surface area contributed by atoms with E-state index in [4.69, 9.17) is 10.5 Å². The van der Waals surface area contributed by atoms with E-state index in [0.717, 1.165) is 11.1 Å². The fourth-order valence-corrected chi connectivity index (χ4v) is 3.70. The molecule has 2 aliphatic heterocycles. The Hall–Kier alpha value is -2.57. The summed E-state index contributed by atoms with van der Waals surface area (Å²) in [5.41, 5.74) is 7.24. The lowest BCUT2D eigenvalue weighted by Crippen LogP contribution is -2.45. The first kappa shape index (κ1) is 19.2. The van der Waals surface area contributed by atoms with Gasteiger partial charge in [-0.05, 0) is 50.8 Å². The number of hydrogen-bond donors (Lipinski definition) is 1. The molecule has 3 amide bonds. The van der Waals surface area contributed by atoms with Crippen LogP contribution in [-0.4, -0.2) is 46.4 Å². The standard InChI is InChI=1S/C20H27N3O4/c1-20(2,3)27-19(26)22-9-7-13(8-10-22)18(25)23-11-14-5-4-6-15(17(21)24)16(14)12-23/h4-6,13H,7-12H2,1-3H3,(H2,21,24). The Labute approximate surface area is 159 Å². The Bertz CT molecular complexity index is 761. The highest BCUT2D eigenvalue weighted by atomic mass is 16.6. The fourth-order valence-electron chi connectivity index (χ4n) is 3.70. The third-order valence-electron chi connectivity index (χ3n) is 5.06. The van der Waals surface area contributed by atoms with Crippen molar-refractivity contribution < 1.29 is 19.1 Å². The smallest absolute Gasteiger partial charge is 0.410 e. The molecule has 0 aliphatic carbocycles. The molecule has 0 unspecified atom stereocenters. The summed E-state index contributed by atoms with van der Waals surface area (Å²) in [7, 11) is 0. The monoisotopic (exact) mass is 373 g/mol. The number of ether oxygens (including phenoxy) is 1. The average Bonchev–Trinajstić information content (AvgIpc) is 3.03. The van der Waals surface area contributed by atoms with Crippen LogP contribution in [0.4, 0.5) is 4.79 Å². The van der Waals surface area contributed by atoms with Gasteiger partial charge >= 0.3 is 6.09 Å². The van der Waals surface area contributed by atoms with Crippen LogP contribution < -0.4 is 5.73 Å². The van der Waals surface area contributed by atoms with Gasteiger partial charge in [-0.15, -0.1) is 0 Å². The number of fused-ring (bicyclic) bond motifs is 1. The number of likely N-dealkylation sites (tertiary alicyclic amines) is 1. The zero-order chi connectivity index (χ0) is 19.8. The van der Waals surface area contributed by atoms with Crippen molar-refractivity contribution in [3.8, 4) is 0 Å². The van der Waals surface area contributed by atoms with Crippen molar-refractivity contribution in [1.82, 2.24) is 9.80 Å². The van der Waals surface area contributed by atoms with E-state index >= 15 is 0 Å². The van der Waals surface area contributed by atoms with Crippen LogP contribution in [0, 0.1) is 5.92 Å². The van der Waals surface area contributed by atoms with Crippen molar-refractivity contribution in [2.24, 2.45) is 11.7 Å². The van der Waals surface area contributed by atoms with E-state index in [2.05, 4.69) is 0 Å². The van der Waals surface area contributed by atoms with Crippen LogP contribution in [0.1, 0.15) is 55.1 Å². The molecule has 1 aromatic carbocycles. The van der Waals surface area contributed by atoms with E-state index in [-0.39, 0.29) is 17.9 Å². The number of primary amides is 1. The number of amides is 3. The van der Waals surface area contributed by atoms with Gasteiger partial charge in [0.1, 0.15) is 5.60 Å². The summed E-state index contributed by atoms with van der Waals surface area (Å²) in [5, 5.41) is 0. The minimum atomic E-state index is -0.525. The molecule has 7 heteroatoms. The van der Waals surface area contributed by atoms with Gasteiger partial charge in [-0.25, -0.2) is 4.79 Å². The molecule has 0 aromatic heterocycles. The Balaban J connectivity index is 1.59. The lowest BCUT2D eigenvalue weighted by atomic mass is 9.95. The van der Waals surface area contributed by atoms with Gasteiger partial charge in [-0.1, -0.05) is 12.1 Å². The summed E-state index contributed by atoms with van der Waals surface area (Å²) in [4.78, 5) is 40.1. The Morgan fingerprint density at radius 2 is 1.74 bits per heavy atom. The van der Waals surface area contributed by atoms with Crippen molar-refractivity contribution in [1.29, 1.82) is 0 Å². The molecular formula is C20H27N3O4. The van der Waals surface area contributed by atoms with Crippen LogP contribution in [-0.2, 0) is 22.6 Å². The zero-order valence-corrected chi connectivity index (χ0v) is 16.2. The number of hydrogen-bond acceptors (Lipinski definition) is 4. The number of rotatable bonds is 2. The summed E-state index contributed by atoms with van der Waals surface area (Å²) in [6.07, 6.45) is 0.911. The maximum Gasteiger partial charge on any atom is 0.410 e. The summed E-state index contributed by atoms with van der Waals surface area (Å²) < 4.78 is 5.40. The maximum absolute atomic E-state index is 12.9. The highest BCUT2D eigenvalue weighted by Gasteiger charge is 2.34. The van der Waals surface area contributed by atoms with Gasteiger partial charge in [0.25, 0.3) is 0 Å². The molecular weight excluding hydrogens is 346 g/mol. The minimum Gasteiger partial charge on any atom is -0.444 e. The second kappa shape index (κ2) is 7.21. The van der Waals surface area contributed by atoms with E-state index in [9.17, 15) is 14.4 Å². The average molecular weight is 373 g/mol. The predicted molar refractivity (Wildman–Crippen MR) is 99.7 cm³/mol. The maximum atomic E-state index is 12.9. The number of benzene rings is 1. The van der Waals surface area contributed by atoms with E-state index in [1.54, 1.807) is 21.9 Å². The van der Waals surface area contributed by atoms with Crippen LogP contribution in [0.3, 0.4) is 0 Å². The molecule has 2 aliphatic rings. The summed E-state index contributed by atoms with van der Waals surface area (Å²) in [5.74, 6) is -0.507. The molecule has 27 heavy (non-hydrogen) atoms. The molecule has 2 N–H and O–H groups in total. The molecule has 146 valence electrons. The van der Waals surface area contributed by atoms with E-state index in [0.29, 0.717) is 44.6 Å². The molecule has 0 bridgehead atoms. The molecule has 0 spiro atoms. The topological polar surface area (TPSA) is 92.9 Å². The first-order chi connectivity index (χ1) is 12.7. The molecule has 2 heterocycles. The minimum absolute atomic E-state index is 0.0745. The number of carbonyl (C=O) groups excluding carboxylic acids is 3. The third-order valence-corrected chi connectivity index (χ3v) is 5.06. The van der Waals surface area contributed by atoms with Gasteiger partial charge in [-0.3, -0.25) is 9.59 Å². The molecule has 1 aromatic rings. The number of nitrogens with two attached hydrogens (primary N) is 1. The van der Waals surface area contributed by atoms with E-state index in [1.165, 1.54) is 0 Å². The van der Waals surface area contributed by atoms with Crippen LogP contribution in [0.15, 0.2) is 18.2 Å². The van der Waals surface area contributed by atoms with Crippen molar-refractivity contribution in [2.45, 2.75) is 52.3 Å². The number of carbonyl (C=O) groups is 3. The molecule has 1 fully saturated rings. The fraction of sp³-hybridized carbons (Fsp3) is 0.550. The van der Waals surface area contributed by atoms with Gasteiger partial charge in [0, 0.05) is 37.7 Å². The Morgan fingerprint density at radius 3 is 2.33 bits per heavy atom. The van der Waals surface area contributed by atoms with Crippen LogP contribution >= 0.6 is 0 Å². The van der Waals surface area contributed by atoms with Crippen molar-refractivity contribution >= 4 is 17.9 Å². The summed E-state index contributed by atoms with van der Waals surface area (Å²) >= 11 is 0. The van der Waals surface area contributed by atoms with E-state index in [1.807, 2.05) is 26.8 Å². The number of nitrogens with zero attached hydrogens (tertiary/aromatic N) is 2. The molecule has 7 nitrogen and oxygen atoms in total. The first-order valence-corrected chi connectivity index (χ1v) is 9.33. The number of piperidine rings is 1. The first-order valence-electron chi connectivity index (χ1n) is 9.33. The quantitative estimate of drug-likeness (QED) is 0.861. The summed E-state index contributed by atoms with van der Waals surface area (Å²) in [6.45, 7) is 7.46. The molecule has 0 radical (unpaired) electrons. The van der Waals surface area contributed by atoms with Gasteiger partial charge in [0.05, 0.1) is 0 Å². The molecule has 0 atom stereocenters. The van der Waals surface area contributed by atoms with Crippen molar-refractivity contribution in [2.75, 3.05) is 13.1 Å². The molecule has 1 saturated heterocycles. The Kier molecular flexibility index (Phi) is 5.13. The summed E-state index contributed by atoms with van der Waals surface area (Å²) in [6, 6.07) is 5.43. The molecule has 3 rings (SSSR count). The predicted octanol–water partition coefficient (Wildman–Crippen LogP) is 2.27. The van der Waals surface area contributed by atoms with Gasteiger partial charge in [-0.2, -0.15) is 0 Å². The highest BCUT2D eigenvalue weighted by molar-refractivity contribution is 5.95. The second-order valence-electron chi connectivity index (χ2n) is 8.24. The van der Waals surface area contributed by atoms with Crippen molar-refractivity contribution in [3.63, 3.8) is 0 Å². The third kappa shape index (κ3) is 4.23. The molecule has 0 saturated carbocycles. The SMILES string of the molecule is CC(C)(C)OC(=O)N1CCC(C(=O)N2Cc3cccc(C(N)=O)c3C2)CC1. The van der Waals surface area contributed by atoms with Crippen LogP contribution in [0.25, 0.3) is 0 Å². The van der Waals surface area contributed by atoms with E-state index < -0.39 is 11.5 Å². The Morgan fingerprint density at radius 1 is 1.07 bits per heavy atom. The van der Waals surface area contributed by atoms with Gasteiger partial charge < -0.3 is 20.3 Å². The lowest BCUT2D eigenvalue weighted by molar-refractivity contribution is -0.137. The van der Waals surface area contributed by atoms with Gasteiger partial charge in [0.15, 0.2) is 0 Å². The largest absolute Gasteiger partial charge is 0.444 e. The van der Waals surface area contributed by atoms with Gasteiger partial charge in [0.2, 0.25) is 11.8 Å².